The fourth-order valence-corrected chi connectivity index (χ4v) is 4.30. The van der Waals surface area contributed by atoms with Gasteiger partial charge in [-0.25, -0.2) is 4.98 Å². The third-order valence-electron chi connectivity index (χ3n) is 4.26. The van der Waals surface area contributed by atoms with E-state index in [1.807, 2.05) is 19.9 Å². The van der Waals surface area contributed by atoms with E-state index in [0.717, 1.165) is 28.0 Å². The zero-order chi connectivity index (χ0) is 15.0. The van der Waals surface area contributed by atoms with Crippen LogP contribution in [-0.2, 0) is 0 Å². The molecule has 21 heavy (non-hydrogen) atoms. The van der Waals surface area contributed by atoms with Crippen molar-refractivity contribution >= 4 is 33.1 Å². The number of amides is 1. The number of hydrogen-bond acceptors (Lipinski definition) is 4. The van der Waals surface area contributed by atoms with E-state index in [1.165, 1.54) is 37.0 Å². The van der Waals surface area contributed by atoms with Crippen molar-refractivity contribution in [3.8, 4) is 0 Å². The van der Waals surface area contributed by atoms with Crippen LogP contribution in [0.25, 0.3) is 10.2 Å². The molecule has 3 N–H and O–H groups in total. The Morgan fingerprint density at radius 3 is 2.86 bits per heavy atom. The summed E-state index contributed by atoms with van der Waals surface area (Å²) in [4.78, 5) is 18.3. The molecule has 4 nitrogen and oxygen atoms in total. The summed E-state index contributed by atoms with van der Waals surface area (Å²) in [6.45, 7) is 4.74. The normalized spacial score (nSPS) is 15.7. The number of nitrogens with two attached hydrogens (primary N) is 1. The first kappa shape index (κ1) is 14.3. The molecule has 112 valence electrons. The van der Waals surface area contributed by atoms with Gasteiger partial charge in [-0.1, -0.05) is 12.8 Å². The average molecular weight is 303 g/mol. The fraction of sp³-hybridized carbons (Fsp3) is 0.500. The van der Waals surface area contributed by atoms with E-state index in [0.29, 0.717) is 16.5 Å². The summed E-state index contributed by atoms with van der Waals surface area (Å²) < 4.78 is 0. The summed E-state index contributed by atoms with van der Waals surface area (Å²) in [6, 6.07) is 2.01. The molecule has 0 radical (unpaired) electrons. The molecule has 2 aromatic heterocycles. The van der Waals surface area contributed by atoms with E-state index in [1.54, 1.807) is 0 Å². The van der Waals surface area contributed by atoms with Gasteiger partial charge in [0.25, 0.3) is 5.91 Å². The van der Waals surface area contributed by atoms with Gasteiger partial charge in [0, 0.05) is 17.6 Å². The lowest BCUT2D eigenvalue weighted by Crippen LogP contribution is -2.28. The summed E-state index contributed by atoms with van der Waals surface area (Å²) in [5.41, 5.74) is 8.80. The molecule has 0 spiro atoms. The number of anilines is 1. The number of pyridine rings is 1. The molecule has 0 aliphatic heterocycles. The van der Waals surface area contributed by atoms with E-state index < -0.39 is 0 Å². The minimum absolute atomic E-state index is 0.0561. The molecule has 1 aliphatic carbocycles. The van der Waals surface area contributed by atoms with E-state index in [4.69, 9.17) is 5.73 Å². The highest BCUT2D eigenvalue weighted by atomic mass is 32.1. The summed E-state index contributed by atoms with van der Waals surface area (Å²) in [7, 11) is 0. The zero-order valence-electron chi connectivity index (χ0n) is 12.5. The topological polar surface area (TPSA) is 68.0 Å². The number of aryl methyl sites for hydroxylation is 2. The Hall–Kier alpha value is -1.62. The molecule has 2 aromatic rings. The number of hydrogen-bond donors (Lipinski definition) is 2. The largest absolute Gasteiger partial charge is 0.397 e. The number of carbonyl (C=O) groups is 1. The summed E-state index contributed by atoms with van der Waals surface area (Å²) >= 11 is 1.39. The van der Waals surface area contributed by atoms with Crippen LogP contribution in [0.2, 0.25) is 0 Å². The van der Waals surface area contributed by atoms with Gasteiger partial charge in [0.2, 0.25) is 0 Å². The lowest BCUT2D eigenvalue weighted by molar-refractivity contribution is 0.0952. The third-order valence-corrected chi connectivity index (χ3v) is 5.35. The number of nitrogen functional groups attached to an aromatic ring is 1. The maximum Gasteiger partial charge on any atom is 0.263 e. The summed E-state index contributed by atoms with van der Waals surface area (Å²) in [5.74, 6) is 0.575. The molecule has 1 saturated carbocycles. The number of nitrogens with zero attached hydrogens (tertiary/aromatic N) is 1. The maximum absolute atomic E-state index is 12.4. The number of fused-ring (bicyclic) bond motifs is 1. The Labute approximate surface area is 128 Å². The molecule has 0 bridgehead atoms. The number of carbonyl (C=O) groups excluding carboxylic acids is 1. The molecule has 0 atom stereocenters. The van der Waals surface area contributed by atoms with Crippen molar-refractivity contribution in [1.82, 2.24) is 10.3 Å². The first-order valence-electron chi connectivity index (χ1n) is 7.50. The van der Waals surface area contributed by atoms with Gasteiger partial charge < -0.3 is 11.1 Å². The molecule has 1 aliphatic rings. The van der Waals surface area contributed by atoms with Crippen LogP contribution in [0.15, 0.2) is 6.07 Å². The average Bonchev–Trinajstić information content (AvgIpc) is 3.04. The van der Waals surface area contributed by atoms with Crippen LogP contribution in [0.4, 0.5) is 5.69 Å². The van der Waals surface area contributed by atoms with E-state index in [9.17, 15) is 4.79 Å². The molecule has 5 heteroatoms. The SMILES string of the molecule is Cc1cc(C)c2c(N)c(C(=O)NCC3CCCC3)sc2n1. The van der Waals surface area contributed by atoms with Crippen LogP contribution >= 0.6 is 11.3 Å². The van der Waals surface area contributed by atoms with Crippen molar-refractivity contribution in [1.29, 1.82) is 0 Å². The zero-order valence-corrected chi connectivity index (χ0v) is 13.3. The van der Waals surface area contributed by atoms with Gasteiger partial charge in [-0.2, -0.15) is 0 Å². The first-order valence-corrected chi connectivity index (χ1v) is 8.32. The molecule has 0 unspecified atom stereocenters. The van der Waals surface area contributed by atoms with Gasteiger partial charge in [-0.15, -0.1) is 11.3 Å². The molecule has 2 heterocycles. The number of thiophene rings is 1. The second-order valence-corrected chi connectivity index (χ2v) is 6.97. The van der Waals surface area contributed by atoms with Gasteiger partial charge in [0.1, 0.15) is 9.71 Å². The quantitative estimate of drug-likeness (QED) is 0.913. The molecule has 0 aromatic carbocycles. The number of aromatic nitrogens is 1. The smallest absolute Gasteiger partial charge is 0.263 e. The number of rotatable bonds is 3. The highest BCUT2D eigenvalue weighted by molar-refractivity contribution is 7.21. The minimum Gasteiger partial charge on any atom is -0.397 e. The molecule has 3 rings (SSSR count). The summed E-state index contributed by atoms with van der Waals surface area (Å²) in [6.07, 6.45) is 5.02. The van der Waals surface area contributed by atoms with Crippen molar-refractivity contribution in [2.45, 2.75) is 39.5 Å². The standard InChI is InChI=1S/C16H21N3OS/c1-9-7-10(2)19-16-12(9)13(17)14(21-16)15(20)18-8-11-5-3-4-6-11/h7,11H,3-6,8,17H2,1-2H3,(H,18,20). The number of nitrogens with one attached hydrogen (secondary N) is 1. The van der Waals surface area contributed by atoms with Gasteiger partial charge in [0.05, 0.1) is 5.69 Å². The molecular weight excluding hydrogens is 282 g/mol. The lowest BCUT2D eigenvalue weighted by Gasteiger charge is -2.10. The predicted octanol–water partition coefficient (Wildman–Crippen LogP) is 3.42. The summed E-state index contributed by atoms with van der Waals surface area (Å²) in [5, 5.41) is 3.97. The van der Waals surface area contributed by atoms with Crippen molar-refractivity contribution in [3.63, 3.8) is 0 Å². The van der Waals surface area contributed by atoms with Crippen molar-refractivity contribution in [2.24, 2.45) is 5.92 Å². The second-order valence-electron chi connectivity index (χ2n) is 5.97. The van der Waals surface area contributed by atoms with Crippen LogP contribution in [0.3, 0.4) is 0 Å². The molecular formula is C16H21N3OS. The van der Waals surface area contributed by atoms with Crippen molar-refractivity contribution in [3.05, 3.63) is 22.2 Å². The Kier molecular flexibility index (Phi) is 3.85. The highest BCUT2D eigenvalue weighted by Gasteiger charge is 2.21. The minimum atomic E-state index is -0.0561. The molecule has 0 saturated heterocycles. The predicted molar refractivity (Wildman–Crippen MR) is 87.8 cm³/mol. The maximum atomic E-state index is 12.4. The monoisotopic (exact) mass is 303 g/mol. The van der Waals surface area contributed by atoms with Crippen LogP contribution in [-0.4, -0.2) is 17.4 Å². The molecule has 1 fully saturated rings. The third kappa shape index (κ3) is 2.75. The van der Waals surface area contributed by atoms with E-state index in [2.05, 4.69) is 10.3 Å². The Morgan fingerprint density at radius 2 is 2.14 bits per heavy atom. The van der Waals surface area contributed by atoms with E-state index in [-0.39, 0.29) is 5.91 Å². The Morgan fingerprint density at radius 1 is 1.43 bits per heavy atom. The van der Waals surface area contributed by atoms with Crippen LogP contribution < -0.4 is 11.1 Å². The van der Waals surface area contributed by atoms with Crippen LogP contribution in [0.1, 0.15) is 46.6 Å². The van der Waals surface area contributed by atoms with Crippen LogP contribution in [0.5, 0.6) is 0 Å². The van der Waals surface area contributed by atoms with Gasteiger partial charge in [-0.05, 0) is 44.2 Å². The van der Waals surface area contributed by atoms with Gasteiger partial charge in [0.15, 0.2) is 0 Å². The van der Waals surface area contributed by atoms with Gasteiger partial charge >= 0.3 is 0 Å². The van der Waals surface area contributed by atoms with Crippen LogP contribution in [0, 0.1) is 19.8 Å². The van der Waals surface area contributed by atoms with Gasteiger partial charge in [-0.3, -0.25) is 4.79 Å². The second kappa shape index (κ2) is 5.64. The van der Waals surface area contributed by atoms with E-state index >= 15 is 0 Å². The Balaban J connectivity index is 1.84. The lowest BCUT2D eigenvalue weighted by atomic mass is 10.1. The Bertz CT molecular complexity index is 686. The van der Waals surface area contributed by atoms with Crippen molar-refractivity contribution < 1.29 is 4.79 Å². The first-order chi connectivity index (χ1) is 10.1. The highest BCUT2D eigenvalue weighted by Crippen LogP contribution is 2.35. The van der Waals surface area contributed by atoms with Crippen molar-refractivity contribution in [2.75, 3.05) is 12.3 Å². The fourth-order valence-electron chi connectivity index (χ4n) is 3.17. The molecule has 1 amide bonds.